The molecule has 0 aliphatic heterocycles. The van der Waals surface area contributed by atoms with Gasteiger partial charge in [-0.3, -0.25) is 14.6 Å². The van der Waals surface area contributed by atoms with Crippen molar-refractivity contribution in [3.05, 3.63) is 83.4 Å². The zero-order chi connectivity index (χ0) is 19.9. The molecule has 2 aromatic heterocycles. The highest BCUT2D eigenvalue weighted by molar-refractivity contribution is 5.94. The second kappa shape index (κ2) is 8.99. The largest absolute Gasteiger partial charge is 0.352 e. The Hall–Kier alpha value is -3.41. The number of rotatable bonds is 7. The zero-order valence-corrected chi connectivity index (χ0v) is 16.1. The molecule has 6 nitrogen and oxygen atoms in total. The molecule has 1 aromatic carbocycles. The second-order valence-electron chi connectivity index (χ2n) is 6.60. The average molecular weight is 376 g/mol. The van der Waals surface area contributed by atoms with Crippen molar-refractivity contribution in [2.24, 2.45) is 0 Å². The number of hydrogen-bond donors (Lipinski definition) is 2. The Morgan fingerprint density at radius 1 is 0.929 bits per heavy atom. The quantitative estimate of drug-likeness (QED) is 0.666. The van der Waals surface area contributed by atoms with E-state index in [1.165, 1.54) is 0 Å². The molecule has 0 aliphatic carbocycles. The van der Waals surface area contributed by atoms with E-state index >= 15 is 0 Å². The number of carbonyl (C=O) groups excluding carboxylic acids is 2. The summed E-state index contributed by atoms with van der Waals surface area (Å²) in [6.45, 7) is 4.76. The van der Waals surface area contributed by atoms with Crippen LogP contribution >= 0.6 is 0 Å². The number of pyridine rings is 1. The van der Waals surface area contributed by atoms with E-state index < -0.39 is 0 Å². The number of nitrogens with one attached hydrogen (secondary N) is 2. The summed E-state index contributed by atoms with van der Waals surface area (Å²) in [5.74, 6) is -0.315. The van der Waals surface area contributed by atoms with Crippen molar-refractivity contribution >= 4 is 11.8 Å². The van der Waals surface area contributed by atoms with Gasteiger partial charge in [-0.2, -0.15) is 0 Å². The number of aromatic nitrogens is 2. The standard InChI is InChI=1S/C22H24N4O2/c1-16-6-7-17(2)26(16)20-10-8-18(9-11-20)22(28)24-14-12-21(27)25-15-19-5-3-4-13-23-19/h3-11,13H,12,14-15H2,1-2H3,(H,24,28)(H,25,27). The first-order valence-electron chi connectivity index (χ1n) is 9.25. The van der Waals surface area contributed by atoms with Gasteiger partial charge < -0.3 is 15.2 Å². The van der Waals surface area contributed by atoms with Crippen molar-refractivity contribution in [1.29, 1.82) is 0 Å². The molecule has 144 valence electrons. The molecule has 6 heteroatoms. The van der Waals surface area contributed by atoms with Gasteiger partial charge in [0.05, 0.1) is 12.2 Å². The number of nitrogens with zero attached hydrogens (tertiary/aromatic N) is 2. The van der Waals surface area contributed by atoms with Crippen LogP contribution in [0.25, 0.3) is 5.69 Å². The van der Waals surface area contributed by atoms with Crippen LogP contribution in [0.5, 0.6) is 0 Å². The van der Waals surface area contributed by atoms with Crippen molar-refractivity contribution < 1.29 is 9.59 Å². The number of carbonyl (C=O) groups is 2. The van der Waals surface area contributed by atoms with Crippen LogP contribution < -0.4 is 10.6 Å². The maximum atomic E-state index is 12.3. The van der Waals surface area contributed by atoms with E-state index in [1.54, 1.807) is 18.3 Å². The lowest BCUT2D eigenvalue weighted by atomic mass is 10.2. The molecule has 3 aromatic rings. The molecular formula is C22H24N4O2. The highest BCUT2D eigenvalue weighted by atomic mass is 16.2. The van der Waals surface area contributed by atoms with E-state index in [0.29, 0.717) is 12.1 Å². The summed E-state index contributed by atoms with van der Waals surface area (Å²) in [7, 11) is 0. The minimum Gasteiger partial charge on any atom is -0.352 e. The topological polar surface area (TPSA) is 76.0 Å². The molecule has 0 saturated heterocycles. The fourth-order valence-electron chi connectivity index (χ4n) is 3.01. The monoisotopic (exact) mass is 376 g/mol. The smallest absolute Gasteiger partial charge is 0.251 e. The van der Waals surface area contributed by atoms with Gasteiger partial charge in [0.2, 0.25) is 5.91 Å². The molecule has 2 amide bonds. The molecule has 0 saturated carbocycles. The molecule has 2 heterocycles. The zero-order valence-electron chi connectivity index (χ0n) is 16.1. The van der Waals surface area contributed by atoms with Crippen LogP contribution in [0.2, 0.25) is 0 Å². The predicted octanol–water partition coefficient (Wildman–Crippen LogP) is 2.93. The molecular weight excluding hydrogens is 352 g/mol. The Bertz CT molecular complexity index is 927. The van der Waals surface area contributed by atoms with Crippen LogP contribution in [-0.4, -0.2) is 27.9 Å². The molecule has 0 atom stereocenters. The molecule has 0 aliphatic rings. The number of aryl methyl sites for hydroxylation is 2. The van der Waals surface area contributed by atoms with Gasteiger partial charge in [-0.1, -0.05) is 6.07 Å². The van der Waals surface area contributed by atoms with Gasteiger partial charge in [0, 0.05) is 41.8 Å². The molecule has 28 heavy (non-hydrogen) atoms. The summed E-state index contributed by atoms with van der Waals surface area (Å²) in [6.07, 6.45) is 1.91. The second-order valence-corrected chi connectivity index (χ2v) is 6.60. The van der Waals surface area contributed by atoms with Gasteiger partial charge in [-0.15, -0.1) is 0 Å². The molecule has 0 fully saturated rings. The summed E-state index contributed by atoms with van der Waals surface area (Å²) in [4.78, 5) is 28.3. The Morgan fingerprint density at radius 2 is 1.64 bits per heavy atom. The highest BCUT2D eigenvalue weighted by Crippen LogP contribution is 2.16. The lowest BCUT2D eigenvalue weighted by Gasteiger charge is -2.10. The van der Waals surface area contributed by atoms with E-state index in [9.17, 15) is 9.59 Å². The van der Waals surface area contributed by atoms with Gasteiger partial charge >= 0.3 is 0 Å². The maximum Gasteiger partial charge on any atom is 0.251 e. The number of amides is 2. The molecule has 0 unspecified atom stereocenters. The Morgan fingerprint density at radius 3 is 2.29 bits per heavy atom. The SMILES string of the molecule is Cc1ccc(C)n1-c1ccc(C(=O)NCCC(=O)NCc2ccccn2)cc1. The van der Waals surface area contributed by atoms with E-state index in [4.69, 9.17) is 0 Å². The lowest BCUT2D eigenvalue weighted by Crippen LogP contribution is -2.30. The van der Waals surface area contributed by atoms with Crippen LogP contribution in [0.1, 0.15) is 33.9 Å². The van der Waals surface area contributed by atoms with Crippen molar-refractivity contribution in [1.82, 2.24) is 20.2 Å². The van der Waals surface area contributed by atoms with Crippen molar-refractivity contribution in [3.63, 3.8) is 0 Å². The van der Waals surface area contributed by atoms with Crippen LogP contribution in [0.15, 0.2) is 60.8 Å². The molecule has 0 radical (unpaired) electrons. The van der Waals surface area contributed by atoms with E-state index in [1.807, 2.05) is 44.2 Å². The van der Waals surface area contributed by atoms with Crippen LogP contribution in [0.3, 0.4) is 0 Å². The summed E-state index contributed by atoms with van der Waals surface area (Å²) >= 11 is 0. The molecule has 2 N–H and O–H groups in total. The minimum atomic E-state index is -0.190. The maximum absolute atomic E-state index is 12.3. The first-order valence-corrected chi connectivity index (χ1v) is 9.25. The first-order chi connectivity index (χ1) is 13.5. The fourth-order valence-corrected chi connectivity index (χ4v) is 3.01. The Kier molecular flexibility index (Phi) is 6.22. The summed E-state index contributed by atoms with van der Waals surface area (Å²) in [5.41, 5.74) is 4.68. The highest BCUT2D eigenvalue weighted by Gasteiger charge is 2.09. The average Bonchev–Trinajstić information content (AvgIpc) is 3.05. The number of hydrogen-bond acceptors (Lipinski definition) is 3. The third-order valence-electron chi connectivity index (χ3n) is 4.49. The van der Waals surface area contributed by atoms with Gasteiger partial charge in [0.1, 0.15) is 0 Å². The minimum absolute atomic E-state index is 0.125. The van der Waals surface area contributed by atoms with E-state index in [0.717, 1.165) is 22.8 Å². The lowest BCUT2D eigenvalue weighted by molar-refractivity contribution is -0.121. The predicted molar refractivity (Wildman–Crippen MR) is 108 cm³/mol. The Labute approximate surface area is 164 Å². The third kappa shape index (κ3) is 4.85. The summed E-state index contributed by atoms with van der Waals surface area (Å²) in [6, 6.07) is 17.1. The first kappa shape index (κ1) is 19.4. The molecule has 0 bridgehead atoms. The van der Waals surface area contributed by atoms with E-state index in [-0.39, 0.29) is 24.8 Å². The van der Waals surface area contributed by atoms with Gasteiger partial charge in [0.15, 0.2) is 0 Å². The normalized spacial score (nSPS) is 10.5. The summed E-state index contributed by atoms with van der Waals surface area (Å²) < 4.78 is 2.13. The van der Waals surface area contributed by atoms with Crippen molar-refractivity contribution in [2.75, 3.05) is 6.54 Å². The van der Waals surface area contributed by atoms with Gasteiger partial charge in [-0.05, 0) is 62.4 Å². The van der Waals surface area contributed by atoms with Crippen molar-refractivity contribution in [2.45, 2.75) is 26.8 Å². The molecule has 3 rings (SSSR count). The number of benzene rings is 1. The van der Waals surface area contributed by atoms with Crippen LogP contribution in [0, 0.1) is 13.8 Å². The van der Waals surface area contributed by atoms with Gasteiger partial charge in [-0.25, -0.2) is 0 Å². The van der Waals surface area contributed by atoms with Crippen molar-refractivity contribution in [3.8, 4) is 5.69 Å². The van der Waals surface area contributed by atoms with E-state index in [2.05, 4.69) is 32.3 Å². The summed E-state index contributed by atoms with van der Waals surface area (Å²) in [5, 5.41) is 5.57. The molecule has 0 spiro atoms. The third-order valence-corrected chi connectivity index (χ3v) is 4.49. The van der Waals surface area contributed by atoms with Crippen LogP contribution in [-0.2, 0) is 11.3 Å². The van der Waals surface area contributed by atoms with Crippen LogP contribution in [0.4, 0.5) is 0 Å². The van der Waals surface area contributed by atoms with Gasteiger partial charge in [0.25, 0.3) is 5.91 Å². The fraction of sp³-hybridized carbons (Fsp3) is 0.227. The Balaban J connectivity index is 1.46.